The minimum Gasteiger partial charge on any atom is -0.379 e. The number of ether oxygens (including phenoxy) is 1. The quantitative estimate of drug-likeness (QED) is 0.790. The molecule has 1 saturated carbocycles. The van der Waals surface area contributed by atoms with E-state index in [1.54, 1.807) is 0 Å². The summed E-state index contributed by atoms with van der Waals surface area (Å²) in [5, 5.41) is 6.87. The van der Waals surface area contributed by atoms with Crippen LogP contribution in [0.5, 0.6) is 0 Å². The molecule has 0 aromatic carbocycles. The number of fused-ring (bicyclic) bond motifs is 1. The lowest BCUT2D eigenvalue weighted by atomic mass is 9.96. The van der Waals surface area contributed by atoms with Crippen molar-refractivity contribution < 1.29 is 9.53 Å². The van der Waals surface area contributed by atoms with Gasteiger partial charge in [-0.05, 0) is 43.6 Å². The third-order valence-corrected chi connectivity index (χ3v) is 5.57. The van der Waals surface area contributed by atoms with Gasteiger partial charge in [0.2, 0.25) is 5.91 Å². The van der Waals surface area contributed by atoms with Gasteiger partial charge >= 0.3 is 0 Å². The fourth-order valence-corrected chi connectivity index (χ4v) is 4.36. The van der Waals surface area contributed by atoms with Crippen molar-refractivity contribution >= 4 is 5.91 Å². The molecule has 0 spiro atoms. The first-order valence-electron chi connectivity index (χ1n) is 8.98. The Hall–Kier alpha value is -0.650. The van der Waals surface area contributed by atoms with Crippen LogP contribution in [0, 0.1) is 17.8 Å². The fraction of sp³-hybridized carbons (Fsp3) is 0.941. The van der Waals surface area contributed by atoms with Crippen LogP contribution in [0.1, 0.15) is 33.1 Å². The van der Waals surface area contributed by atoms with Crippen LogP contribution in [0.3, 0.4) is 0 Å². The van der Waals surface area contributed by atoms with Gasteiger partial charge in [0.25, 0.3) is 0 Å². The molecule has 1 aliphatic carbocycles. The molecule has 0 radical (unpaired) electrons. The van der Waals surface area contributed by atoms with Gasteiger partial charge in [0, 0.05) is 25.7 Å². The number of nitrogens with one attached hydrogen (secondary N) is 2. The Balaban J connectivity index is 1.61. The van der Waals surface area contributed by atoms with Crippen molar-refractivity contribution in [3.63, 3.8) is 0 Å². The first kappa shape index (κ1) is 16.2. The molecule has 1 amide bonds. The minimum atomic E-state index is 0.0114. The number of carbonyl (C=O) groups excluding carboxylic acids is 1. The number of hydrogen-bond donors (Lipinski definition) is 2. The Kier molecular flexibility index (Phi) is 5.37. The molecule has 3 rings (SSSR count). The number of rotatable bonds is 5. The molecule has 2 saturated heterocycles. The van der Waals surface area contributed by atoms with E-state index in [9.17, 15) is 4.79 Å². The molecule has 126 valence electrons. The average Bonchev–Trinajstić information content (AvgIpc) is 3.10. The highest BCUT2D eigenvalue weighted by Crippen LogP contribution is 2.34. The molecule has 0 bridgehead atoms. The molecule has 2 heterocycles. The van der Waals surface area contributed by atoms with E-state index in [1.165, 1.54) is 6.42 Å². The van der Waals surface area contributed by atoms with E-state index in [2.05, 4.69) is 29.4 Å². The zero-order valence-electron chi connectivity index (χ0n) is 14.0. The Morgan fingerprint density at radius 3 is 2.77 bits per heavy atom. The van der Waals surface area contributed by atoms with Crippen LogP contribution < -0.4 is 10.6 Å². The highest BCUT2D eigenvalue weighted by atomic mass is 16.5. The van der Waals surface area contributed by atoms with Crippen LogP contribution in [0.25, 0.3) is 0 Å². The summed E-state index contributed by atoms with van der Waals surface area (Å²) in [7, 11) is 0. The standard InChI is InChI=1S/C17H31N3O2/c1-12(2)9-16(20-5-7-22-8-6-20)17(21)19-15-4-3-13-10-18-11-14(13)15/h12-16,18H,3-11H2,1-2H3,(H,19,21)/t13-,14+,15+,16-/m0/s1. The number of hydrogen-bond acceptors (Lipinski definition) is 4. The first-order valence-corrected chi connectivity index (χ1v) is 8.98. The lowest BCUT2D eigenvalue weighted by Crippen LogP contribution is -2.54. The molecule has 4 atom stereocenters. The fourth-order valence-electron chi connectivity index (χ4n) is 4.36. The van der Waals surface area contributed by atoms with Crippen LogP contribution in [0.2, 0.25) is 0 Å². The molecule has 2 aliphatic heterocycles. The Morgan fingerprint density at radius 2 is 2.05 bits per heavy atom. The van der Waals surface area contributed by atoms with Crippen molar-refractivity contribution in [1.82, 2.24) is 15.5 Å². The molecular formula is C17H31N3O2. The molecule has 0 aromatic heterocycles. The van der Waals surface area contributed by atoms with Gasteiger partial charge < -0.3 is 15.4 Å². The van der Waals surface area contributed by atoms with E-state index in [1.807, 2.05) is 0 Å². The second-order valence-electron chi connectivity index (χ2n) is 7.57. The molecule has 3 aliphatic rings. The van der Waals surface area contributed by atoms with E-state index in [-0.39, 0.29) is 11.9 Å². The lowest BCUT2D eigenvalue weighted by molar-refractivity contribution is -0.129. The maximum Gasteiger partial charge on any atom is 0.237 e. The second-order valence-corrected chi connectivity index (χ2v) is 7.57. The topological polar surface area (TPSA) is 53.6 Å². The Morgan fingerprint density at radius 1 is 1.27 bits per heavy atom. The average molecular weight is 309 g/mol. The van der Waals surface area contributed by atoms with Crippen molar-refractivity contribution in [3.8, 4) is 0 Å². The van der Waals surface area contributed by atoms with Gasteiger partial charge in [-0.3, -0.25) is 9.69 Å². The highest BCUT2D eigenvalue weighted by Gasteiger charge is 2.41. The predicted octanol–water partition coefficient (Wildman–Crippen LogP) is 0.848. The SMILES string of the molecule is CC(C)C[C@@H](C(=O)N[C@@H]1CC[C@H]2CNC[C@H]21)N1CCOCC1. The summed E-state index contributed by atoms with van der Waals surface area (Å²) in [6.07, 6.45) is 3.35. The van der Waals surface area contributed by atoms with Gasteiger partial charge in [0.1, 0.15) is 0 Å². The second kappa shape index (κ2) is 7.28. The van der Waals surface area contributed by atoms with Gasteiger partial charge in [0.15, 0.2) is 0 Å². The molecule has 5 nitrogen and oxygen atoms in total. The zero-order chi connectivity index (χ0) is 15.5. The Bertz CT molecular complexity index is 382. The largest absolute Gasteiger partial charge is 0.379 e. The summed E-state index contributed by atoms with van der Waals surface area (Å²) in [5.74, 6) is 2.20. The minimum absolute atomic E-state index is 0.0114. The highest BCUT2D eigenvalue weighted by molar-refractivity contribution is 5.82. The van der Waals surface area contributed by atoms with Crippen molar-refractivity contribution in [2.45, 2.75) is 45.2 Å². The molecular weight excluding hydrogens is 278 g/mol. The van der Waals surface area contributed by atoms with Gasteiger partial charge in [0.05, 0.1) is 19.3 Å². The summed E-state index contributed by atoms with van der Waals surface area (Å²) in [6.45, 7) is 9.87. The molecule has 22 heavy (non-hydrogen) atoms. The van der Waals surface area contributed by atoms with Gasteiger partial charge in [-0.2, -0.15) is 0 Å². The molecule has 3 fully saturated rings. The summed E-state index contributed by atoms with van der Waals surface area (Å²) in [6, 6.07) is 0.389. The molecule has 0 unspecified atom stereocenters. The maximum atomic E-state index is 12.9. The van der Waals surface area contributed by atoms with Crippen LogP contribution in [-0.2, 0) is 9.53 Å². The van der Waals surface area contributed by atoms with E-state index in [4.69, 9.17) is 4.74 Å². The molecule has 5 heteroatoms. The van der Waals surface area contributed by atoms with Crippen molar-refractivity contribution in [2.24, 2.45) is 17.8 Å². The van der Waals surface area contributed by atoms with Crippen LogP contribution in [-0.4, -0.2) is 62.3 Å². The third kappa shape index (κ3) is 3.63. The van der Waals surface area contributed by atoms with Gasteiger partial charge in [-0.25, -0.2) is 0 Å². The van der Waals surface area contributed by atoms with E-state index in [0.717, 1.165) is 58.2 Å². The van der Waals surface area contributed by atoms with E-state index >= 15 is 0 Å². The summed E-state index contributed by atoms with van der Waals surface area (Å²) < 4.78 is 5.44. The normalized spacial score (nSPS) is 33.9. The maximum absolute atomic E-state index is 12.9. The monoisotopic (exact) mass is 309 g/mol. The number of nitrogens with zero attached hydrogens (tertiary/aromatic N) is 1. The number of morpholine rings is 1. The summed E-state index contributed by atoms with van der Waals surface area (Å²) >= 11 is 0. The predicted molar refractivity (Wildman–Crippen MR) is 86.6 cm³/mol. The number of carbonyl (C=O) groups is 1. The lowest BCUT2D eigenvalue weighted by Gasteiger charge is -2.35. The summed E-state index contributed by atoms with van der Waals surface area (Å²) in [5.41, 5.74) is 0. The smallest absolute Gasteiger partial charge is 0.237 e. The zero-order valence-corrected chi connectivity index (χ0v) is 14.0. The molecule has 0 aromatic rings. The van der Waals surface area contributed by atoms with Crippen LogP contribution in [0.4, 0.5) is 0 Å². The Labute approximate surface area is 134 Å². The van der Waals surface area contributed by atoms with E-state index in [0.29, 0.717) is 17.9 Å². The van der Waals surface area contributed by atoms with Crippen LogP contribution >= 0.6 is 0 Å². The van der Waals surface area contributed by atoms with Gasteiger partial charge in [-0.1, -0.05) is 13.8 Å². The third-order valence-electron chi connectivity index (χ3n) is 5.57. The van der Waals surface area contributed by atoms with E-state index < -0.39 is 0 Å². The van der Waals surface area contributed by atoms with Crippen LogP contribution in [0.15, 0.2) is 0 Å². The van der Waals surface area contributed by atoms with Crippen molar-refractivity contribution in [1.29, 1.82) is 0 Å². The molecule has 2 N–H and O–H groups in total. The van der Waals surface area contributed by atoms with Gasteiger partial charge in [-0.15, -0.1) is 0 Å². The number of amides is 1. The first-order chi connectivity index (χ1) is 10.6. The van der Waals surface area contributed by atoms with Crippen molar-refractivity contribution in [2.75, 3.05) is 39.4 Å². The summed E-state index contributed by atoms with van der Waals surface area (Å²) in [4.78, 5) is 15.2. The van der Waals surface area contributed by atoms with Crippen molar-refractivity contribution in [3.05, 3.63) is 0 Å².